The molecule has 0 amide bonds. The molecule has 19 heavy (non-hydrogen) atoms. The minimum Gasteiger partial charge on any atom is -0.456 e. The highest BCUT2D eigenvalue weighted by Crippen LogP contribution is 2.31. The molecule has 0 saturated carbocycles. The number of benzene rings is 2. The Kier molecular flexibility index (Phi) is 4.61. The lowest BCUT2D eigenvalue weighted by Gasteiger charge is -2.11. The maximum absolute atomic E-state index is 5.91. The van der Waals surface area contributed by atoms with Gasteiger partial charge in [-0.3, -0.25) is 0 Å². The molecule has 0 aliphatic carbocycles. The van der Waals surface area contributed by atoms with Gasteiger partial charge in [-0.15, -0.1) is 0 Å². The van der Waals surface area contributed by atoms with E-state index in [4.69, 9.17) is 4.74 Å². The average molecular weight is 320 g/mol. The molecule has 0 aliphatic heterocycles. The van der Waals surface area contributed by atoms with Crippen LogP contribution >= 0.6 is 15.9 Å². The number of hydrogen-bond acceptors (Lipinski definition) is 2. The second-order valence-corrected chi connectivity index (χ2v) is 5.51. The van der Waals surface area contributed by atoms with Crippen molar-refractivity contribution in [1.29, 1.82) is 0 Å². The molecule has 0 aliphatic rings. The van der Waals surface area contributed by atoms with Crippen LogP contribution < -0.4 is 10.1 Å². The summed E-state index contributed by atoms with van der Waals surface area (Å²) in [5.41, 5.74) is 3.73. The van der Waals surface area contributed by atoms with Crippen LogP contribution in [-0.4, -0.2) is 7.05 Å². The van der Waals surface area contributed by atoms with E-state index in [1.807, 2.05) is 25.2 Å². The van der Waals surface area contributed by atoms with Crippen molar-refractivity contribution in [1.82, 2.24) is 5.32 Å². The molecule has 2 rings (SSSR count). The summed E-state index contributed by atoms with van der Waals surface area (Å²) >= 11 is 3.53. The van der Waals surface area contributed by atoms with Gasteiger partial charge in [0.25, 0.3) is 0 Å². The molecule has 2 nitrogen and oxygen atoms in total. The molecule has 0 unspecified atom stereocenters. The molecule has 0 aromatic heterocycles. The Morgan fingerprint density at radius 2 is 1.89 bits per heavy atom. The van der Waals surface area contributed by atoms with Crippen LogP contribution in [0.15, 0.2) is 40.9 Å². The van der Waals surface area contributed by atoms with Crippen LogP contribution in [-0.2, 0) is 6.54 Å². The maximum Gasteiger partial charge on any atom is 0.141 e. The predicted octanol–water partition coefficient (Wildman–Crippen LogP) is 4.58. The van der Waals surface area contributed by atoms with Crippen LogP contribution in [0.2, 0.25) is 0 Å². The summed E-state index contributed by atoms with van der Waals surface area (Å²) in [6.07, 6.45) is 0. The van der Waals surface area contributed by atoms with Crippen molar-refractivity contribution < 1.29 is 4.74 Å². The van der Waals surface area contributed by atoms with Crippen molar-refractivity contribution >= 4 is 15.9 Å². The summed E-state index contributed by atoms with van der Waals surface area (Å²) in [4.78, 5) is 0. The van der Waals surface area contributed by atoms with Crippen molar-refractivity contribution in [2.75, 3.05) is 7.05 Å². The third-order valence-corrected chi connectivity index (χ3v) is 3.62. The van der Waals surface area contributed by atoms with E-state index in [-0.39, 0.29) is 0 Å². The number of nitrogens with one attached hydrogen (secondary N) is 1. The number of ether oxygens (including phenoxy) is 1. The molecule has 0 fully saturated rings. The minimum atomic E-state index is 0.839. The Hall–Kier alpha value is -1.32. The van der Waals surface area contributed by atoms with E-state index >= 15 is 0 Å². The van der Waals surface area contributed by atoms with Crippen LogP contribution in [0.4, 0.5) is 0 Å². The van der Waals surface area contributed by atoms with Crippen LogP contribution in [0.3, 0.4) is 0 Å². The van der Waals surface area contributed by atoms with Crippen LogP contribution in [0.1, 0.15) is 16.7 Å². The lowest BCUT2D eigenvalue weighted by molar-refractivity contribution is 0.478. The molecule has 3 heteroatoms. The van der Waals surface area contributed by atoms with Gasteiger partial charge in [0, 0.05) is 6.54 Å². The molecule has 0 spiro atoms. The molecule has 0 bridgehead atoms. The van der Waals surface area contributed by atoms with E-state index in [9.17, 15) is 0 Å². The van der Waals surface area contributed by atoms with Gasteiger partial charge in [-0.05, 0) is 77.8 Å². The summed E-state index contributed by atoms with van der Waals surface area (Å²) < 4.78 is 6.89. The normalized spacial score (nSPS) is 10.5. The summed E-state index contributed by atoms with van der Waals surface area (Å²) in [6, 6.07) is 12.3. The largest absolute Gasteiger partial charge is 0.456 e. The van der Waals surface area contributed by atoms with E-state index < -0.39 is 0 Å². The lowest BCUT2D eigenvalue weighted by Crippen LogP contribution is -2.06. The van der Waals surface area contributed by atoms with Crippen molar-refractivity contribution in [3.05, 3.63) is 57.6 Å². The highest BCUT2D eigenvalue weighted by atomic mass is 79.9. The van der Waals surface area contributed by atoms with Crippen molar-refractivity contribution in [3.8, 4) is 11.5 Å². The van der Waals surface area contributed by atoms with E-state index in [0.717, 1.165) is 22.5 Å². The SMILES string of the molecule is CNCc1ccc(Oc2ccc(C)cc2Br)cc1C. The topological polar surface area (TPSA) is 21.3 Å². The molecule has 0 heterocycles. The molecule has 0 atom stereocenters. The van der Waals surface area contributed by atoms with Gasteiger partial charge in [0.05, 0.1) is 4.47 Å². The average Bonchev–Trinajstić information content (AvgIpc) is 2.36. The molecular formula is C16H18BrNO. The lowest BCUT2D eigenvalue weighted by atomic mass is 10.1. The second-order valence-electron chi connectivity index (χ2n) is 4.65. The summed E-state index contributed by atoms with van der Waals surface area (Å²) in [6.45, 7) is 5.04. The Morgan fingerprint density at radius 1 is 1.11 bits per heavy atom. The van der Waals surface area contributed by atoms with Gasteiger partial charge in [0.1, 0.15) is 11.5 Å². The van der Waals surface area contributed by atoms with E-state index in [0.29, 0.717) is 0 Å². The van der Waals surface area contributed by atoms with Gasteiger partial charge in [0.15, 0.2) is 0 Å². The highest BCUT2D eigenvalue weighted by molar-refractivity contribution is 9.10. The van der Waals surface area contributed by atoms with Gasteiger partial charge in [-0.2, -0.15) is 0 Å². The number of rotatable bonds is 4. The first-order valence-corrected chi connectivity index (χ1v) is 7.07. The summed E-state index contributed by atoms with van der Waals surface area (Å²) in [5.74, 6) is 1.70. The quantitative estimate of drug-likeness (QED) is 0.890. The van der Waals surface area contributed by atoms with E-state index in [2.05, 4.69) is 53.3 Å². The molecule has 2 aromatic rings. The number of hydrogen-bond donors (Lipinski definition) is 1. The first-order chi connectivity index (χ1) is 9.10. The molecular weight excluding hydrogens is 302 g/mol. The van der Waals surface area contributed by atoms with Crippen LogP contribution in [0.25, 0.3) is 0 Å². The summed E-state index contributed by atoms with van der Waals surface area (Å²) in [5, 5.41) is 3.16. The zero-order valence-corrected chi connectivity index (χ0v) is 13.0. The third-order valence-electron chi connectivity index (χ3n) is 3.00. The molecule has 0 saturated heterocycles. The third kappa shape index (κ3) is 3.58. The van der Waals surface area contributed by atoms with Crippen molar-refractivity contribution in [3.63, 3.8) is 0 Å². The fraction of sp³-hybridized carbons (Fsp3) is 0.250. The second kappa shape index (κ2) is 6.22. The van der Waals surface area contributed by atoms with Gasteiger partial charge in [-0.25, -0.2) is 0 Å². The van der Waals surface area contributed by atoms with E-state index in [1.54, 1.807) is 0 Å². The summed E-state index contributed by atoms with van der Waals surface area (Å²) in [7, 11) is 1.95. The Labute approximate surface area is 122 Å². The van der Waals surface area contributed by atoms with Gasteiger partial charge in [0.2, 0.25) is 0 Å². The van der Waals surface area contributed by atoms with Gasteiger partial charge in [-0.1, -0.05) is 12.1 Å². The first kappa shape index (κ1) is 14.1. The zero-order chi connectivity index (χ0) is 13.8. The molecule has 1 N–H and O–H groups in total. The van der Waals surface area contributed by atoms with Crippen LogP contribution in [0, 0.1) is 13.8 Å². The fourth-order valence-electron chi connectivity index (χ4n) is 1.94. The fourth-order valence-corrected chi connectivity index (χ4v) is 2.51. The Bertz CT molecular complexity index is 581. The minimum absolute atomic E-state index is 0.839. The predicted molar refractivity (Wildman–Crippen MR) is 82.9 cm³/mol. The van der Waals surface area contributed by atoms with Gasteiger partial charge < -0.3 is 10.1 Å². The standard InChI is InChI=1S/C16H18BrNO/c1-11-4-7-16(15(17)8-11)19-14-6-5-13(10-18-3)12(2)9-14/h4-9,18H,10H2,1-3H3. The first-order valence-electron chi connectivity index (χ1n) is 6.28. The monoisotopic (exact) mass is 319 g/mol. The number of halogens is 1. The van der Waals surface area contributed by atoms with Gasteiger partial charge >= 0.3 is 0 Å². The Morgan fingerprint density at radius 3 is 2.53 bits per heavy atom. The van der Waals surface area contributed by atoms with Crippen molar-refractivity contribution in [2.45, 2.75) is 20.4 Å². The highest BCUT2D eigenvalue weighted by Gasteiger charge is 2.05. The maximum atomic E-state index is 5.91. The van der Waals surface area contributed by atoms with Crippen LogP contribution in [0.5, 0.6) is 11.5 Å². The molecule has 2 aromatic carbocycles. The number of aryl methyl sites for hydroxylation is 2. The molecule has 100 valence electrons. The van der Waals surface area contributed by atoms with E-state index in [1.165, 1.54) is 16.7 Å². The molecule has 0 radical (unpaired) electrons. The van der Waals surface area contributed by atoms with Crippen molar-refractivity contribution in [2.24, 2.45) is 0 Å². The zero-order valence-electron chi connectivity index (χ0n) is 11.5. The smallest absolute Gasteiger partial charge is 0.141 e. The Balaban J connectivity index is 2.21.